The number of benzene rings is 1. The molecule has 0 spiro atoms. The molecule has 3 heterocycles. The van der Waals surface area contributed by atoms with E-state index in [9.17, 15) is 4.79 Å². The van der Waals surface area contributed by atoms with E-state index in [2.05, 4.69) is 25.4 Å². The van der Waals surface area contributed by atoms with Gasteiger partial charge in [0.1, 0.15) is 0 Å². The maximum atomic E-state index is 12.2. The van der Waals surface area contributed by atoms with Gasteiger partial charge in [-0.1, -0.05) is 12.1 Å². The molecule has 0 radical (unpaired) electrons. The van der Waals surface area contributed by atoms with Crippen LogP contribution >= 0.6 is 11.3 Å². The Balaban J connectivity index is 1.32. The highest BCUT2D eigenvalue weighted by molar-refractivity contribution is 7.13. The Morgan fingerprint density at radius 2 is 2.07 bits per heavy atom. The summed E-state index contributed by atoms with van der Waals surface area (Å²) in [5.41, 5.74) is 6.08. The van der Waals surface area contributed by atoms with E-state index in [4.69, 9.17) is 4.74 Å². The third kappa shape index (κ3) is 4.87. The fourth-order valence-corrected chi connectivity index (χ4v) is 3.86. The smallest absolute Gasteiger partial charge is 0.246 e. The van der Waals surface area contributed by atoms with Crippen LogP contribution < -0.4 is 10.3 Å². The van der Waals surface area contributed by atoms with Crippen molar-refractivity contribution in [3.05, 3.63) is 59.6 Å². The van der Waals surface area contributed by atoms with Crippen molar-refractivity contribution in [2.75, 3.05) is 31.2 Å². The first-order chi connectivity index (χ1) is 14.2. The minimum Gasteiger partial charge on any atom is -0.378 e. The molecule has 3 aromatic rings. The van der Waals surface area contributed by atoms with Gasteiger partial charge in [-0.2, -0.15) is 5.10 Å². The minimum atomic E-state index is -0.182. The number of aromatic nitrogens is 3. The monoisotopic (exact) mass is 410 g/mol. The molecule has 2 aromatic heterocycles. The summed E-state index contributed by atoms with van der Waals surface area (Å²) < 4.78 is 7.29. The van der Waals surface area contributed by atoms with E-state index in [1.54, 1.807) is 23.9 Å². The number of imidazole rings is 1. The average Bonchev–Trinajstić information content (AvgIpc) is 3.45. The van der Waals surface area contributed by atoms with Gasteiger partial charge in [0.25, 0.3) is 0 Å². The first-order valence-corrected chi connectivity index (χ1v) is 10.3. The largest absolute Gasteiger partial charge is 0.378 e. The lowest BCUT2D eigenvalue weighted by molar-refractivity contribution is -0.120. The SMILES string of the molecule is C/C(=N/NC(=O)Cc1csc(N2CCOCC2)n1)c1ccc(-n2ccnc2)cc1. The summed E-state index contributed by atoms with van der Waals surface area (Å²) in [6.45, 7) is 4.97. The Kier molecular flexibility index (Phi) is 5.97. The van der Waals surface area contributed by atoms with Gasteiger partial charge in [0.05, 0.1) is 37.4 Å². The average molecular weight is 411 g/mol. The number of nitrogens with zero attached hydrogens (tertiary/aromatic N) is 5. The number of thiazole rings is 1. The second-order valence-corrected chi connectivity index (χ2v) is 7.48. The molecule has 0 aliphatic carbocycles. The van der Waals surface area contributed by atoms with Gasteiger partial charge in [-0.05, 0) is 24.6 Å². The highest BCUT2D eigenvalue weighted by Gasteiger charge is 2.15. The van der Waals surface area contributed by atoms with Gasteiger partial charge in [-0.25, -0.2) is 15.4 Å². The van der Waals surface area contributed by atoms with Crippen LogP contribution in [-0.4, -0.2) is 52.5 Å². The van der Waals surface area contributed by atoms with Crippen molar-refractivity contribution in [2.24, 2.45) is 5.10 Å². The number of nitrogens with one attached hydrogen (secondary N) is 1. The predicted molar refractivity (Wildman–Crippen MR) is 113 cm³/mol. The maximum Gasteiger partial charge on any atom is 0.246 e. The zero-order valence-corrected chi connectivity index (χ0v) is 16.9. The molecule has 1 N–H and O–H groups in total. The molecule has 1 aliphatic rings. The normalized spacial score (nSPS) is 14.8. The van der Waals surface area contributed by atoms with Crippen LogP contribution in [0.5, 0.6) is 0 Å². The number of ether oxygens (including phenoxy) is 1. The zero-order valence-electron chi connectivity index (χ0n) is 16.1. The van der Waals surface area contributed by atoms with Crippen molar-refractivity contribution in [3.8, 4) is 5.69 Å². The summed E-state index contributed by atoms with van der Waals surface area (Å²) in [7, 11) is 0. The summed E-state index contributed by atoms with van der Waals surface area (Å²) in [4.78, 5) is 23.0. The first kappa shape index (κ1) is 19.3. The van der Waals surface area contributed by atoms with Gasteiger partial charge in [-0.3, -0.25) is 4.79 Å². The van der Waals surface area contributed by atoms with Crippen LogP contribution in [0.25, 0.3) is 5.69 Å². The Labute approximate surface area is 172 Å². The standard InChI is InChI=1S/C20H22N6O2S/c1-15(16-2-4-18(5-3-16)26-7-6-21-14-26)23-24-19(27)12-17-13-29-20(22-17)25-8-10-28-11-9-25/h2-7,13-14H,8-12H2,1H3,(H,24,27)/b23-15-. The predicted octanol–water partition coefficient (Wildman–Crippen LogP) is 2.25. The molecule has 1 aromatic carbocycles. The Bertz CT molecular complexity index is 975. The van der Waals surface area contributed by atoms with Crippen LogP contribution in [-0.2, 0) is 16.0 Å². The third-order valence-electron chi connectivity index (χ3n) is 4.60. The highest BCUT2D eigenvalue weighted by Crippen LogP contribution is 2.21. The molecule has 8 nitrogen and oxygen atoms in total. The number of hydrogen-bond acceptors (Lipinski definition) is 7. The number of anilines is 1. The van der Waals surface area contributed by atoms with E-state index in [1.165, 1.54) is 0 Å². The van der Waals surface area contributed by atoms with Crippen molar-refractivity contribution in [2.45, 2.75) is 13.3 Å². The Hall–Kier alpha value is -3.04. The van der Waals surface area contributed by atoms with Gasteiger partial charge in [0.2, 0.25) is 5.91 Å². The second kappa shape index (κ2) is 8.97. The van der Waals surface area contributed by atoms with Gasteiger partial charge >= 0.3 is 0 Å². The lowest BCUT2D eigenvalue weighted by atomic mass is 10.1. The molecule has 150 valence electrons. The first-order valence-electron chi connectivity index (χ1n) is 9.38. The molecule has 0 saturated carbocycles. The number of rotatable bonds is 6. The number of carbonyl (C=O) groups is 1. The minimum absolute atomic E-state index is 0.182. The number of hydrazone groups is 1. The van der Waals surface area contributed by atoms with E-state index in [0.29, 0.717) is 13.2 Å². The van der Waals surface area contributed by atoms with E-state index in [1.807, 2.05) is 47.3 Å². The number of morpholine rings is 1. The van der Waals surface area contributed by atoms with E-state index in [0.717, 1.165) is 40.9 Å². The van der Waals surface area contributed by atoms with Gasteiger partial charge in [-0.15, -0.1) is 11.3 Å². The van der Waals surface area contributed by atoms with Crippen molar-refractivity contribution < 1.29 is 9.53 Å². The topological polar surface area (TPSA) is 84.6 Å². The van der Waals surface area contributed by atoms with Crippen LogP contribution in [0.15, 0.2) is 53.5 Å². The second-order valence-electron chi connectivity index (χ2n) is 6.65. The fourth-order valence-electron chi connectivity index (χ4n) is 2.98. The number of amides is 1. The van der Waals surface area contributed by atoms with Crippen molar-refractivity contribution >= 4 is 28.1 Å². The molecule has 0 bridgehead atoms. The zero-order chi connectivity index (χ0) is 20.1. The molecule has 1 fully saturated rings. The van der Waals surface area contributed by atoms with Crippen LogP contribution in [0.4, 0.5) is 5.13 Å². The summed E-state index contributed by atoms with van der Waals surface area (Å²) in [5, 5.41) is 7.09. The van der Waals surface area contributed by atoms with Crippen LogP contribution in [0, 0.1) is 0 Å². The highest BCUT2D eigenvalue weighted by atomic mass is 32.1. The molecule has 29 heavy (non-hydrogen) atoms. The third-order valence-corrected chi connectivity index (χ3v) is 5.55. The van der Waals surface area contributed by atoms with Crippen molar-refractivity contribution in [1.29, 1.82) is 0 Å². The molecule has 1 amide bonds. The molecule has 9 heteroatoms. The van der Waals surface area contributed by atoms with E-state index in [-0.39, 0.29) is 12.3 Å². The molecule has 1 saturated heterocycles. The molecule has 1 aliphatic heterocycles. The van der Waals surface area contributed by atoms with E-state index < -0.39 is 0 Å². The van der Waals surface area contributed by atoms with Gasteiger partial charge < -0.3 is 14.2 Å². The summed E-state index contributed by atoms with van der Waals surface area (Å²) >= 11 is 1.56. The Morgan fingerprint density at radius 1 is 1.28 bits per heavy atom. The number of carbonyl (C=O) groups excluding carboxylic acids is 1. The van der Waals surface area contributed by atoms with Crippen LogP contribution in [0.3, 0.4) is 0 Å². The summed E-state index contributed by atoms with van der Waals surface area (Å²) in [5.74, 6) is -0.182. The molecule has 0 atom stereocenters. The van der Waals surface area contributed by atoms with E-state index >= 15 is 0 Å². The summed E-state index contributed by atoms with van der Waals surface area (Å²) in [6.07, 6.45) is 5.58. The Morgan fingerprint density at radius 3 is 2.79 bits per heavy atom. The van der Waals surface area contributed by atoms with Crippen molar-refractivity contribution in [1.82, 2.24) is 20.0 Å². The quantitative estimate of drug-likeness (QED) is 0.498. The lowest BCUT2D eigenvalue weighted by Gasteiger charge is -2.26. The summed E-state index contributed by atoms with van der Waals surface area (Å²) in [6, 6.07) is 7.91. The maximum absolute atomic E-state index is 12.2. The molecular weight excluding hydrogens is 388 g/mol. The number of hydrogen-bond donors (Lipinski definition) is 1. The molecule has 4 rings (SSSR count). The van der Waals surface area contributed by atoms with Crippen LogP contribution in [0.1, 0.15) is 18.2 Å². The lowest BCUT2D eigenvalue weighted by Crippen LogP contribution is -2.36. The van der Waals surface area contributed by atoms with Gasteiger partial charge in [0.15, 0.2) is 5.13 Å². The van der Waals surface area contributed by atoms with Gasteiger partial charge in [0, 0.05) is 36.6 Å². The fraction of sp³-hybridized carbons (Fsp3) is 0.300. The van der Waals surface area contributed by atoms with Crippen LogP contribution in [0.2, 0.25) is 0 Å². The van der Waals surface area contributed by atoms with Crippen molar-refractivity contribution in [3.63, 3.8) is 0 Å². The molecule has 0 unspecified atom stereocenters. The molecular formula is C20H22N6O2S.